The standard InChI is InChI=1S/C20H21Br2N5O/c1-13(2)18(28)27-20(24-12-15-5-9-17(22)10-6-15)25-19(26-27)23-11-14-3-7-16(21)8-4-14/h3-10,13H,11-12H2,1-2H3,(H2,23,24,25,26). The smallest absolute Gasteiger partial charge is 0.252 e. The number of benzene rings is 2. The molecule has 2 N–H and O–H groups in total. The number of nitrogens with one attached hydrogen (secondary N) is 2. The number of carbonyl (C=O) groups excluding carboxylic acids is 1. The van der Waals surface area contributed by atoms with Crippen LogP contribution in [0, 0.1) is 5.92 Å². The third kappa shape index (κ3) is 5.42. The van der Waals surface area contributed by atoms with Gasteiger partial charge in [-0.15, -0.1) is 5.10 Å². The summed E-state index contributed by atoms with van der Waals surface area (Å²) in [7, 11) is 0. The minimum atomic E-state index is -0.186. The molecule has 0 radical (unpaired) electrons. The molecular formula is C20H21Br2N5O. The van der Waals surface area contributed by atoms with E-state index < -0.39 is 0 Å². The Morgan fingerprint density at radius 3 is 1.93 bits per heavy atom. The van der Waals surface area contributed by atoms with Crippen LogP contribution in [0.3, 0.4) is 0 Å². The summed E-state index contributed by atoms with van der Waals surface area (Å²) in [6, 6.07) is 16.0. The Kier molecular flexibility index (Phi) is 6.85. The highest BCUT2D eigenvalue weighted by Gasteiger charge is 2.18. The first-order chi connectivity index (χ1) is 13.4. The van der Waals surface area contributed by atoms with Crippen LogP contribution in [0.25, 0.3) is 0 Å². The van der Waals surface area contributed by atoms with Crippen LogP contribution in [-0.2, 0) is 13.1 Å². The van der Waals surface area contributed by atoms with Gasteiger partial charge in [-0.3, -0.25) is 4.79 Å². The van der Waals surface area contributed by atoms with Crippen molar-refractivity contribution in [2.24, 2.45) is 5.92 Å². The van der Waals surface area contributed by atoms with Crippen molar-refractivity contribution in [3.05, 3.63) is 68.6 Å². The molecule has 0 aliphatic carbocycles. The minimum absolute atomic E-state index is 0.109. The van der Waals surface area contributed by atoms with Gasteiger partial charge in [0.15, 0.2) is 0 Å². The van der Waals surface area contributed by atoms with Gasteiger partial charge in [-0.1, -0.05) is 70.0 Å². The Morgan fingerprint density at radius 2 is 1.43 bits per heavy atom. The molecule has 0 unspecified atom stereocenters. The maximum atomic E-state index is 12.5. The van der Waals surface area contributed by atoms with E-state index in [2.05, 4.69) is 52.6 Å². The Bertz CT molecular complexity index is 936. The van der Waals surface area contributed by atoms with Gasteiger partial charge in [0.05, 0.1) is 0 Å². The second kappa shape index (κ2) is 9.34. The molecule has 8 heteroatoms. The first kappa shape index (κ1) is 20.5. The molecule has 0 bridgehead atoms. The molecule has 0 aliphatic heterocycles. The summed E-state index contributed by atoms with van der Waals surface area (Å²) in [5.41, 5.74) is 2.18. The molecule has 0 saturated carbocycles. The van der Waals surface area contributed by atoms with E-state index >= 15 is 0 Å². The molecule has 2 aromatic carbocycles. The zero-order valence-corrected chi connectivity index (χ0v) is 18.8. The number of rotatable bonds is 7. The quantitative estimate of drug-likeness (QED) is 0.453. The van der Waals surface area contributed by atoms with Crippen molar-refractivity contribution in [1.82, 2.24) is 14.8 Å². The summed E-state index contributed by atoms with van der Waals surface area (Å²) in [5.74, 6) is 0.548. The molecule has 0 atom stereocenters. The molecule has 6 nitrogen and oxygen atoms in total. The summed E-state index contributed by atoms with van der Waals surface area (Å²) in [4.78, 5) is 17.0. The SMILES string of the molecule is CC(C)C(=O)n1nc(NCc2ccc(Br)cc2)nc1NCc1ccc(Br)cc1. The monoisotopic (exact) mass is 505 g/mol. The van der Waals surface area contributed by atoms with Crippen LogP contribution in [-0.4, -0.2) is 20.7 Å². The van der Waals surface area contributed by atoms with E-state index in [-0.39, 0.29) is 11.8 Å². The van der Waals surface area contributed by atoms with Gasteiger partial charge in [0.25, 0.3) is 5.91 Å². The molecule has 3 rings (SSSR count). The maximum absolute atomic E-state index is 12.5. The van der Waals surface area contributed by atoms with Crippen LogP contribution in [0.15, 0.2) is 57.5 Å². The van der Waals surface area contributed by atoms with Crippen LogP contribution in [0.5, 0.6) is 0 Å². The Labute approximate surface area is 181 Å². The second-order valence-corrected chi connectivity index (χ2v) is 8.46. The topological polar surface area (TPSA) is 71.8 Å². The van der Waals surface area contributed by atoms with E-state index in [1.165, 1.54) is 4.68 Å². The first-order valence-corrected chi connectivity index (χ1v) is 10.5. The fourth-order valence-corrected chi connectivity index (χ4v) is 3.00. The zero-order valence-electron chi connectivity index (χ0n) is 15.6. The number of halogens is 2. The molecule has 1 heterocycles. The number of aromatic nitrogens is 3. The third-order valence-electron chi connectivity index (χ3n) is 4.04. The third-order valence-corrected chi connectivity index (χ3v) is 5.09. The van der Waals surface area contributed by atoms with E-state index in [9.17, 15) is 4.79 Å². The summed E-state index contributed by atoms with van der Waals surface area (Å²) in [6.45, 7) is 4.80. The lowest BCUT2D eigenvalue weighted by atomic mass is 10.2. The van der Waals surface area contributed by atoms with Crippen molar-refractivity contribution in [2.45, 2.75) is 26.9 Å². The predicted molar refractivity (Wildman–Crippen MR) is 118 cm³/mol. The maximum Gasteiger partial charge on any atom is 0.252 e. The average molecular weight is 507 g/mol. The Balaban J connectivity index is 1.74. The molecule has 146 valence electrons. The lowest BCUT2D eigenvalue weighted by molar-refractivity contribution is 0.0841. The van der Waals surface area contributed by atoms with Crippen LogP contribution in [0.1, 0.15) is 29.8 Å². The van der Waals surface area contributed by atoms with E-state index in [1.54, 1.807) is 0 Å². The number of carbonyl (C=O) groups is 1. The van der Waals surface area contributed by atoms with Crippen molar-refractivity contribution in [2.75, 3.05) is 10.6 Å². The highest BCUT2D eigenvalue weighted by Crippen LogP contribution is 2.16. The average Bonchev–Trinajstić information content (AvgIpc) is 3.09. The van der Waals surface area contributed by atoms with Gasteiger partial charge in [0, 0.05) is 28.0 Å². The van der Waals surface area contributed by atoms with Crippen molar-refractivity contribution >= 4 is 49.7 Å². The molecule has 0 amide bonds. The molecule has 0 aliphatic rings. The summed E-state index contributed by atoms with van der Waals surface area (Å²) < 4.78 is 3.39. The largest absolute Gasteiger partial charge is 0.350 e. The van der Waals surface area contributed by atoms with Crippen LogP contribution < -0.4 is 10.6 Å². The Morgan fingerprint density at radius 1 is 0.929 bits per heavy atom. The van der Waals surface area contributed by atoms with Gasteiger partial charge < -0.3 is 10.6 Å². The number of hydrogen-bond donors (Lipinski definition) is 2. The van der Waals surface area contributed by atoms with E-state index in [0.717, 1.165) is 20.1 Å². The van der Waals surface area contributed by atoms with Crippen molar-refractivity contribution in [3.8, 4) is 0 Å². The van der Waals surface area contributed by atoms with Crippen molar-refractivity contribution in [1.29, 1.82) is 0 Å². The lowest BCUT2D eigenvalue weighted by Gasteiger charge is -2.08. The van der Waals surface area contributed by atoms with Crippen LogP contribution >= 0.6 is 31.9 Å². The minimum Gasteiger partial charge on any atom is -0.350 e. The molecule has 1 aromatic heterocycles. The summed E-state index contributed by atoms with van der Waals surface area (Å²) >= 11 is 6.86. The van der Waals surface area contributed by atoms with Gasteiger partial charge in [0.2, 0.25) is 11.9 Å². The highest BCUT2D eigenvalue weighted by atomic mass is 79.9. The molecule has 0 fully saturated rings. The fourth-order valence-electron chi connectivity index (χ4n) is 2.47. The zero-order chi connectivity index (χ0) is 20.1. The van der Waals surface area contributed by atoms with E-state index in [0.29, 0.717) is 25.0 Å². The van der Waals surface area contributed by atoms with Crippen LogP contribution in [0.4, 0.5) is 11.9 Å². The molecule has 0 saturated heterocycles. The molecular weight excluding hydrogens is 486 g/mol. The normalized spacial score (nSPS) is 10.9. The summed E-state index contributed by atoms with van der Waals surface area (Å²) in [6.07, 6.45) is 0. The van der Waals surface area contributed by atoms with Crippen LogP contribution in [0.2, 0.25) is 0 Å². The van der Waals surface area contributed by atoms with Crippen molar-refractivity contribution in [3.63, 3.8) is 0 Å². The van der Waals surface area contributed by atoms with Gasteiger partial charge in [-0.2, -0.15) is 9.67 Å². The van der Waals surface area contributed by atoms with Gasteiger partial charge in [0.1, 0.15) is 0 Å². The molecule has 3 aromatic rings. The first-order valence-electron chi connectivity index (χ1n) is 8.90. The predicted octanol–water partition coefficient (Wildman–Crippen LogP) is 5.32. The second-order valence-electron chi connectivity index (χ2n) is 6.62. The highest BCUT2D eigenvalue weighted by molar-refractivity contribution is 9.10. The van der Waals surface area contributed by atoms with Crippen molar-refractivity contribution < 1.29 is 4.79 Å². The van der Waals surface area contributed by atoms with E-state index in [1.807, 2.05) is 62.4 Å². The lowest BCUT2D eigenvalue weighted by Crippen LogP contribution is -2.21. The fraction of sp³-hybridized carbons (Fsp3) is 0.250. The van der Waals surface area contributed by atoms with Gasteiger partial charge >= 0.3 is 0 Å². The van der Waals surface area contributed by atoms with E-state index in [4.69, 9.17) is 0 Å². The number of nitrogens with zero attached hydrogens (tertiary/aromatic N) is 3. The number of hydrogen-bond acceptors (Lipinski definition) is 5. The van der Waals surface area contributed by atoms with Gasteiger partial charge in [-0.25, -0.2) is 0 Å². The Hall–Kier alpha value is -2.19. The molecule has 28 heavy (non-hydrogen) atoms. The molecule has 0 spiro atoms. The number of anilines is 2. The summed E-state index contributed by atoms with van der Waals surface area (Å²) in [5, 5.41) is 10.8. The van der Waals surface area contributed by atoms with Gasteiger partial charge in [-0.05, 0) is 35.4 Å².